The average molecular weight is 239 g/mol. The second-order valence-electron chi connectivity index (χ2n) is 5.22. The van der Waals surface area contributed by atoms with E-state index in [2.05, 4.69) is 4.74 Å². The molecule has 0 aromatic heterocycles. The van der Waals surface area contributed by atoms with Gasteiger partial charge in [-0.15, -0.1) is 13.2 Å². The van der Waals surface area contributed by atoms with Gasteiger partial charge in [0.05, 0.1) is 0 Å². The van der Waals surface area contributed by atoms with Crippen LogP contribution in [0, 0.1) is 5.41 Å². The highest BCUT2D eigenvalue weighted by Gasteiger charge is 2.41. The number of nitrogens with zero attached hydrogens (tertiary/aromatic N) is 1. The van der Waals surface area contributed by atoms with Crippen LogP contribution >= 0.6 is 0 Å². The van der Waals surface area contributed by atoms with Crippen LogP contribution in [0.1, 0.15) is 27.2 Å². The lowest BCUT2D eigenvalue weighted by Crippen LogP contribution is -2.56. The zero-order valence-electron chi connectivity index (χ0n) is 9.60. The average Bonchev–Trinajstić information content (AvgIpc) is 1.89. The van der Waals surface area contributed by atoms with E-state index in [1.54, 1.807) is 0 Å². The molecule has 1 aliphatic heterocycles. The number of rotatable bonds is 2. The van der Waals surface area contributed by atoms with Crippen LogP contribution in [0.3, 0.4) is 0 Å². The summed E-state index contributed by atoms with van der Waals surface area (Å²) in [5.41, 5.74) is -0.146. The van der Waals surface area contributed by atoms with Gasteiger partial charge in [-0.25, -0.2) is 0 Å². The van der Waals surface area contributed by atoms with Gasteiger partial charge in [0.15, 0.2) is 0 Å². The molecule has 0 radical (unpaired) electrons. The van der Waals surface area contributed by atoms with Crippen LogP contribution in [0.25, 0.3) is 0 Å². The molecule has 6 heteroatoms. The fraction of sp³-hybridized carbons (Fsp3) is 0.900. The van der Waals surface area contributed by atoms with Gasteiger partial charge in [0.25, 0.3) is 0 Å². The molecule has 16 heavy (non-hydrogen) atoms. The Bertz CT molecular complexity index is 264. The summed E-state index contributed by atoms with van der Waals surface area (Å²) in [6.07, 6.45) is -5.17. The van der Waals surface area contributed by atoms with Gasteiger partial charge in [0, 0.05) is 19.5 Å². The van der Waals surface area contributed by atoms with E-state index in [4.69, 9.17) is 0 Å². The lowest BCUT2D eigenvalue weighted by atomic mass is 9.91. The highest BCUT2D eigenvalue weighted by atomic mass is 19.4. The monoisotopic (exact) mass is 239 g/mol. The van der Waals surface area contributed by atoms with Crippen molar-refractivity contribution in [2.75, 3.05) is 13.1 Å². The molecule has 1 rings (SSSR count). The number of carbonyl (C=O) groups excluding carboxylic acids is 1. The molecule has 94 valence electrons. The molecule has 0 atom stereocenters. The standard InChI is InChI=1S/C10H16F3NO2/c1-9(2,3)4-8(15)14-5-7(6-14)16-10(11,12)13/h7H,4-6H2,1-3H3. The van der Waals surface area contributed by atoms with Gasteiger partial charge in [-0.2, -0.15) is 0 Å². The van der Waals surface area contributed by atoms with Crippen molar-refractivity contribution in [1.82, 2.24) is 4.90 Å². The SMILES string of the molecule is CC(C)(C)CC(=O)N1CC(OC(F)(F)F)C1. The first-order valence-corrected chi connectivity index (χ1v) is 5.09. The predicted octanol–water partition coefficient (Wildman–Crippen LogP) is 2.17. The van der Waals surface area contributed by atoms with Gasteiger partial charge >= 0.3 is 6.36 Å². The summed E-state index contributed by atoms with van der Waals surface area (Å²) in [5, 5.41) is 0. The zero-order valence-corrected chi connectivity index (χ0v) is 9.60. The lowest BCUT2D eigenvalue weighted by molar-refractivity contribution is -0.353. The smallest absolute Gasteiger partial charge is 0.337 e. The van der Waals surface area contributed by atoms with E-state index in [-0.39, 0.29) is 24.4 Å². The van der Waals surface area contributed by atoms with Crippen molar-refractivity contribution < 1.29 is 22.7 Å². The summed E-state index contributed by atoms with van der Waals surface area (Å²) in [6, 6.07) is 0. The number of hydrogen-bond acceptors (Lipinski definition) is 2. The molecule has 0 aromatic rings. The van der Waals surface area contributed by atoms with Crippen molar-refractivity contribution in [3.8, 4) is 0 Å². The van der Waals surface area contributed by atoms with E-state index in [9.17, 15) is 18.0 Å². The topological polar surface area (TPSA) is 29.5 Å². The third kappa shape index (κ3) is 4.38. The first-order chi connectivity index (χ1) is 7.07. The highest BCUT2D eigenvalue weighted by molar-refractivity contribution is 5.77. The summed E-state index contributed by atoms with van der Waals surface area (Å²) >= 11 is 0. The number of amides is 1. The molecule has 0 aromatic carbocycles. The van der Waals surface area contributed by atoms with Crippen molar-refractivity contribution in [1.29, 1.82) is 0 Å². The number of halogens is 3. The van der Waals surface area contributed by atoms with Crippen molar-refractivity contribution in [2.45, 2.75) is 39.7 Å². The molecule has 0 aliphatic carbocycles. The maximum atomic E-state index is 11.8. The Kier molecular flexibility index (Phi) is 3.52. The molecule has 0 bridgehead atoms. The van der Waals surface area contributed by atoms with Crippen LogP contribution in [0.15, 0.2) is 0 Å². The molecule has 1 saturated heterocycles. The molecule has 0 saturated carbocycles. The van der Waals surface area contributed by atoms with E-state index < -0.39 is 12.5 Å². The second kappa shape index (κ2) is 4.24. The Hall–Kier alpha value is -0.780. The first kappa shape index (κ1) is 13.3. The molecule has 0 unspecified atom stereocenters. The summed E-state index contributed by atoms with van der Waals surface area (Å²) in [6.45, 7) is 5.81. The Labute approximate surface area is 92.5 Å². The molecule has 1 fully saturated rings. The van der Waals surface area contributed by atoms with Crippen molar-refractivity contribution in [3.05, 3.63) is 0 Å². The summed E-state index contributed by atoms with van der Waals surface area (Å²) in [4.78, 5) is 12.9. The Balaban J connectivity index is 2.28. The van der Waals surface area contributed by atoms with E-state index in [1.165, 1.54) is 4.90 Å². The minimum absolute atomic E-state index is 0.0361. The van der Waals surface area contributed by atoms with Crippen LogP contribution in [0.2, 0.25) is 0 Å². The van der Waals surface area contributed by atoms with Crippen molar-refractivity contribution >= 4 is 5.91 Å². The van der Waals surface area contributed by atoms with Crippen LogP contribution in [-0.4, -0.2) is 36.4 Å². The number of alkyl halides is 3. The maximum Gasteiger partial charge on any atom is 0.522 e. The third-order valence-electron chi connectivity index (χ3n) is 2.18. The van der Waals surface area contributed by atoms with Crippen LogP contribution in [-0.2, 0) is 9.53 Å². The fourth-order valence-corrected chi connectivity index (χ4v) is 1.47. The van der Waals surface area contributed by atoms with Crippen LogP contribution in [0.5, 0.6) is 0 Å². The molecular weight excluding hydrogens is 223 g/mol. The van der Waals surface area contributed by atoms with Gasteiger partial charge < -0.3 is 4.90 Å². The molecule has 1 amide bonds. The quantitative estimate of drug-likeness (QED) is 0.739. The van der Waals surface area contributed by atoms with Crippen LogP contribution in [0.4, 0.5) is 13.2 Å². The predicted molar refractivity (Wildman–Crippen MR) is 51.6 cm³/mol. The number of likely N-dealkylation sites (tertiary alicyclic amines) is 1. The maximum absolute atomic E-state index is 11.8. The Morgan fingerprint density at radius 1 is 1.31 bits per heavy atom. The fourth-order valence-electron chi connectivity index (χ4n) is 1.47. The van der Waals surface area contributed by atoms with Gasteiger partial charge in [0.2, 0.25) is 5.91 Å². The zero-order chi connectivity index (χ0) is 12.6. The first-order valence-electron chi connectivity index (χ1n) is 5.09. The lowest BCUT2D eigenvalue weighted by Gasteiger charge is -2.40. The molecule has 1 heterocycles. The Morgan fingerprint density at radius 2 is 1.81 bits per heavy atom. The van der Waals surface area contributed by atoms with Gasteiger partial charge in [0.1, 0.15) is 6.10 Å². The molecule has 1 aliphatic rings. The van der Waals surface area contributed by atoms with Gasteiger partial charge in [-0.3, -0.25) is 9.53 Å². The van der Waals surface area contributed by atoms with Crippen LogP contribution < -0.4 is 0 Å². The number of ether oxygens (including phenoxy) is 1. The minimum Gasteiger partial charge on any atom is -0.337 e. The van der Waals surface area contributed by atoms with Crippen molar-refractivity contribution in [2.24, 2.45) is 5.41 Å². The molecule has 0 spiro atoms. The van der Waals surface area contributed by atoms with Gasteiger partial charge in [-0.1, -0.05) is 20.8 Å². The molecular formula is C10H16F3NO2. The van der Waals surface area contributed by atoms with Gasteiger partial charge in [-0.05, 0) is 5.41 Å². The Morgan fingerprint density at radius 3 is 2.19 bits per heavy atom. The summed E-state index contributed by atoms with van der Waals surface area (Å²) in [7, 11) is 0. The number of hydrogen-bond donors (Lipinski definition) is 0. The summed E-state index contributed by atoms with van der Waals surface area (Å²) < 4.78 is 39.2. The highest BCUT2D eigenvalue weighted by Crippen LogP contribution is 2.26. The third-order valence-corrected chi connectivity index (χ3v) is 2.18. The number of carbonyl (C=O) groups is 1. The largest absolute Gasteiger partial charge is 0.522 e. The molecule has 3 nitrogen and oxygen atoms in total. The summed E-state index contributed by atoms with van der Waals surface area (Å²) in [5.74, 6) is -0.116. The van der Waals surface area contributed by atoms with E-state index in [0.717, 1.165) is 0 Å². The second-order valence-corrected chi connectivity index (χ2v) is 5.22. The normalized spacial score (nSPS) is 18.5. The van der Waals surface area contributed by atoms with E-state index in [1.807, 2.05) is 20.8 Å². The van der Waals surface area contributed by atoms with E-state index in [0.29, 0.717) is 6.42 Å². The molecule has 0 N–H and O–H groups in total. The minimum atomic E-state index is -4.61. The van der Waals surface area contributed by atoms with Crippen molar-refractivity contribution in [3.63, 3.8) is 0 Å². The van der Waals surface area contributed by atoms with E-state index >= 15 is 0 Å².